The number of hydrogen-bond donors (Lipinski definition) is 8. The molecule has 0 saturated heterocycles. The van der Waals surface area contributed by atoms with Crippen molar-refractivity contribution in [3.8, 4) is 32.6 Å². The fraction of sp³-hybridized carbons (Fsp3) is 0.281. The van der Waals surface area contributed by atoms with Crippen molar-refractivity contribution in [1.29, 1.82) is 0 Å². The molecule has 3 aromatic heterocycles. The Kier molecular flexibility index (Phi) is 20.7. The van der Waals surface area contributed by atoms with Gasteiger partial charge in [0.15, 0.2) is 0 Å². The van der Waals surface area contributed by atoms with E-state index in [1.54, 1.807) is 24.3 Å². The van der Waals surface area contributed by atoms with Gasteiger partial charge in [-0.15, -0.1) is 43.1 Å². The number of nitrogens with one attached hydrogen (secondary N) is 2. The Bertz CT molecular complexity index is 4590. The van der Waals surface area contributed by atoms with Gasteiger partial charge in [-0.3, -0.25) is 18.2 Å². The van der Waals surface area contributed by atoms with Gasteiger partial charge in [0.25, 0.3) is 40.5 Å². The summed E-state index contributed by atoms with van der Waals surface area (Å²) in [6.45, 7) is 11.7. The molecule has 3 heterocycles. The first-order chi connectivity index (χ1) is 44.0. The molecule has 36 heteroatoms. The molecular weight excluding hydrogens is 1330 g/mol. The van der Waals surface area contributed by atoms with Crippen LogP contribution in [0.2, 0.25) is 0 Å². The Hall–Kier alpha value is -8.53. The lowest BCUT2D eigenvalue weighted by molar-refractivity contribution is 0.280. The molecule has 0 bridgehead atoms. The highest BCUT2D eigenvalue weighted by atomic mass is 32.2. The van der Waals surface area contributed by atoms with E-state index in [-0.39, 0.29) is 128 Å². The average molecular weight is 1390 g/mol. The third-order valence-electron chi connectivity index (χ3n) is 14.4. The average Bonchev–Trinajstić information content (AvgIpc) is 1.68. The molecular formula is C57H62N14O16S6. The minimum Gasteiger partial charge on any atom is -0.494 e. The molecule has 0 fully saturated rings. The third kappa shape index (κ3) is 15.1. The van der Waals surface area contributed by atoms with Gasteiger partial charge in [-0.2, -0.15) is 48.6 Å². The molecule has 0 saturated carbocycles. The number of aromatic nitrogens is 5. The minimum atomic E-state index is -5.06. The summed E-state index contributed by atoms with van der Waals surface area (Å²) >= 11 is 1.74. The first-order valence-electron chi connectivity index (χ1n) is 28.1. The molecule has 0 atom stereocenters. The number of benzene rings is 6. The number of methoxy groups -OCH3 is 2. The van der Waals surface area contributed by atoms with E-state index in [4.69, 9.17) is 24.4 Å². The number of anilines is 7. The summed E-state index contributed by atoms with van der Waals surface area (Å²) in [4.78, 5) is 26.4. The molecule has 0 unspecified atom stereocenters. The van der Waals surface area contributed by atoms with Crippen LogP contribution in [0.4, 0.5) is 63.3 Å². The lowest BCUT2D eigenvalue weighted by Crippen LogP contribution is -2.31. The Labute approximate surface area is 542 Å². The van der Waals surface area contributed by atoms with Crippen LogP contribution in [-0.2, 0) is 40.5 Å². The van der Waals surface area contributed by atoms with Crippen LogP contribution in [0, 0.1) is 13.8 Å². The normalized spacial score (nSPS) is 12.4. The third-order valence-corrected chi connectivity index (χ3v) is 20.8. The number of thiazole rings is 2. The van der Waals surface area contributed by atoms with Gasteiger partial charge in [-0.25, -0.2) is 9.97 Å². The van der Waals surface area contributed by atoms with E-state index in [2.05, 4.69) is 41.1 Å². The molecule has 0 radical (unpaired) electrons. The van der Waals surface area contributed by atoms with Crippen molar-refractivity contribution in [2.75, 3.05) is 92.0 Å². The predicted molar refractivity (Wildman–Crippen MR) is 353 cm³/mol. The first-order valence-corrected chi connectivity index (χ1v) is 35.5. The topological polar surface area (TPSA) is 424 Å². The largest absolute Gasteiger partial charge is 0.494 e. The molecule has 492 valence electrons. The van der Waals surface area contributed by atoms with Crippen LogP contribution in [0.25, 0.3) is 41.6 Å². The molecule has 6 aromatic carbocycles. The van der Waals surface area contributed by atoms with Gasteiger partial charge < -0.3 is 45.0 Å². The summed E-state index contributed by atoms with van der Waals surface area (Å²) in [7, 11) is -16.7. The summed E-state index contributed by atoms with van der Waals surface area (Å²) < 4.78 is 155. The number of nitrogens with zero attached hydrogens (tertiary/aromatic N) is 12. The van der Waals surface area contributed by atoms with E-state index in [9.17, 15) is 62.1 Å². The van der Waals surface area contributed by atoms with Crippen molar-refractivity contribution in [3.05, 3.63) is 96.1 Å². The van der Waals surface area contributed by atoms with Crippen LogP contribution in [0.5, 0.6) is 11.5 Å². The fourth-order valence-electron chi connectivity index (χ4n) is 9.95. The maximum absolute atomic E-state index is 13.1. The van der Waals surface area contributed by atoms with Crippen molar-refractivity contribution in [2.45, 2.75) is 61.1 Å². The van der Waals surface area contributed by atoms with E-state index in [1.165, 1.54) is 81.5 Å². The minimum absolute atomic E-state index is 0.00640. The molecule has 0 aliphatic rings. The first kappa shape index (κ1) is 68.8. The second-order valence-electron chi connectivity index (χ2n) is 20.2. The zero-order valence-corrected chi connectivity index (χ0v) is 55.7. The monoisotopic (exact) mass is 1390 g/mol. The number of aryl methyl sites for hydroxylation is 2. The lowest BCUT2D eigenvalue weighted by Gasteiger charge is -2.25. The summed E-state index contributed by atoms with van der Waals surface area (Å²) in [5.74, 6) is 0.166. The zero-order valence-electron chi connectivity index (χ0n) is 50.8. The van der Waals surface area contributed by atoms with E-state index >= 15 is 0 Å². The number of rotatable bonds is 27. The second kappa shape index (κ2) is 28.0. The van der Waals surface area contributed by atoms with E-state index in [0.717, 1.165) is 34.8 Å². The predicted octanol–water partition coefficient (Wildman–Crippen LogP) is 10.8. The van der Waals surface area contributed by atoms with Crippen LogP contribution < -0.4 is 34.8 Å². The van der Waals surface area contributed by atoms with Gasteiger partial charge in [0.2, 0.25) is 17.8 Å². The van der Waals surface area contributed by atoms with Gasteiger partial charge in [-0.05, 0) is 113 Å². The SMILES string of the molecule is CCN(CC)c1cc(Nc2nc(Nc3cc(N(CC)CC)c(OC)cc3/N=N/c3ccc(-c4nc5ccc(C)c(S(=O)(=O)O)c5s4)cc3S(=O)(=O)O)nc(N(CCO)CCO)n2)c(/N=N/c2ccc(-c3nc4ccc(C)c(S(=O)(=O)O)c4s3)cc2S(=O)(=O)O)cc1OC. The number of ether oxygens (including phenoxy) is 2. The molecule has 8 N–H and O–H groups in total. The molecule has 93 heavy (non-hydrogen) atoms. The van der Waals surface area contributed by atoms with Gasteiger partial charge in [0.05, 0.1) is 70.6 Å². The Morgan fingerprint density at radius 3 is 1.18 bits per heavy atom. The van der Waals surface area contributed by atoms with Gasteiger partial charge in [0.1, 0.15) is 63.8 Å². The molecule has 0 aliphatic heterocycles. The second-order valence-corrected chi connectivity index (χ2v) is 27.7. The summed E-state index contributed by atoms with van der Waals surface area (Å²) in [5.41, 5.74) is 1.94. The molecule has 9 rings (SSSR count). The number of fused-ring (bicyclic) bond motifs is 2. The van der Waals surface area contributed by atoms with E-state index in [1.807, 2.05) is 37.5 Å². The van der Waals surface area contributed by atoms with Crippen LogP contribution in [-0.4, -0.2) is 154 Å². The summed E-state index contributed by atoms with van der Waals surface area (Å²) in [6.07, 6.45) is 0. The number of azo groups is 2. The molecule has 9 aromatic rings. The van der Waals surface area contributed by atoms with Gasteiger partial charge in [0, 0.05) is 62.5 Å². The molecule has 0 amide bonds. The zero-order chi connectivity index (χ0) is 67.5. The van der Waals surface area contributed by atoms with Crippen molar-refractivity contribution in [2.24, 2.45) is 20.5 Å². The van der Waals surface area contributed by atoms with Gasteiger partial charge >= 0.3 is 0 Å². The quantitative estimate of drug-likeness (QED) is 0.0175. The van der Waals surface area contributed by atoms with Gasteiger partial charge in [-0.1, -0.05) is 12.1 Å². The maximum atomic E-state index is 13.1. The van der Waals surface area contributed by atoms with Crippen LogP contribution in [0.15, 0.2) is 125 Å². The number of aliphatic hydroxyl groups is 2. The molecule has 0 spiro atoms. The van der Waals surface area contributed by atoms with Crippen LogP contribution in [0.3, 0.4) is 0 Å². The Balaban J connectivity index is 1.16. The van der Waals surface area contributed by atoms with Crippen molar-refractivity contribution in [3.63, 3.8) is 0 Å². The number of hydrogen-bond acceptors (Lipinski definition) is 28. The van der Waals surface area contributed by atoms with Crippen LogP contribution in [0.1, 0.15) is 38.8 Å². The summed E-state index contributed by atoms with van der Waals surface area (Å²) in [5, 5.41) is 44.7. The van der Waals surface area contributed by atoms with Crippen molar-refractivity contribution in [1.82, 2.24) is 24.9 Å². The fourth-order valence-corrected chi connectivity index (χ4v) is 15.9. The van der Waals surface area contributed by atoms with Crippen molar-refractivity contribution < 1.29 is 71.6 Å². The highest BCUT2D eigenvalue weighted by molar-refractivity contribution is 7.87. The number of aliphatic hydroxyl groups excluding tert-OH is 2. The maximum Gasteiger partial charge on any atom is 0.296 e. The highest BCUT2D eigenvalue weighted by Crippen LogP contribution is 2.45. The smallest absolute Gasteiger partial charge is 0.296 e. The van der Waals surface area contributed by atoms with E-state index < -0.39 is 63.5 Å². The van der Waals surface area contributed by atoms with Crippen LogP contribution >= 0.6 is 22.7 Å². The highest BCUT2D eigenvalue weighted by Gasteiger charge is 2.27. The Morgan fingerprint density at radius 2 is 0.849 bits per heavy atom. The van der Waals surface area contributed by atoms with E-state index in [0.29, 0.717) is 49.1 Å². The molecule has 0 aliphatic carbocycles. The molecule has 30 nitrogen and oxygen atoms in total. The Morgan fingerprint density at radius 1 is 0.473 bits per heavy atom. The standard InChI is InChI=1S/C57H62N14O16S6/c1-9-69(10-2)43-27-39(41(29-45(43)86-7)67-65-35-19-15-33(25-47(35)90(74,75)76)53-58-37-17-13-31(5)51(49(37)88-53)92(80,81)82)60-55-62-56(64-57(63-55)71(21-23-72)22-24-73)61-40-28-44(70(11-3)12-4)46(87-8)30-42(40)68-66-36-20-16-34(26-48(36)91(77,78)79)54-59-38-18-14-32(6)52(50(38)89-54)93(83,84)85/h13-20,25-30,72-73H,9-12,21-24H2,1-8H3,(H,74,75,76)(H,77,78,79)(H,80,81,82)(H,83,84,85)(H2,60,61,62,63,64)/b67-65+,68-66+. The summed E-state index contributed by atoms with van der Waals surface area (Å²) in [6, 6.07) is 19.9. The lowest BCUT2D eigenvalue weighted by atomic mass is 10.2. The van der Waals surface area contributed by atoms with Crippen molar-refractivity contribution >= 4 is 147 Å².